The number of hydrogen-bond acceptors (Lipinski definition) is 11. The molecule has 3 N–H and O–H groups in total. The second-order valence-electron chi connectivity index (χ2n) is 10.6. The summed E-state index contributed by atoms with van der Waals surface area (Å²) in [5.41, 5.74) is 7.14. The molecule has 214 valence electrons. The van der Waals surface area contributed by atoms with Crippen LogP contribution < -0.4 is 15.8 Å². The molecular weight excluding hydrogens is 552 g/mol. The van der Waals surface area contributed by atoms with Crippen LogP contribution in [0.4, 0.5) is 20.3 Å². The summed E-state index contributed by atoms with van der Waals surface area (Å²) in [4.78, 5) is 22.0. The Labute approximate surface area is 239 Å². The number of aliphatic imine (C=N–C) groups is 1. The van der Waals surface area contributed by atoms with E-state index >= 15 is 8.78 Å². The molecule has 0 saturated heterocycles. The Morgan fingerprint density at radius 3 is 2.71 bits per heavy atom. The van der Waals surface area contributed by atoms with Crippen molar-refractivity contribution in [2.45, 2.75) is 44.6 Å². The van der Waals surface area contributed by atoms with Crippen molar-refractivity contribution < 1.29 is 22.7 Å². The molecule has 10 nitrogen and oxygen atoms in total. The summed E-state index contributed by atoms with van der Waals surface area (Å²) >= 11 is 1.44. The number of nitrogens with zero attached hydrogens (tertiary/aromatic N) is 5. The lowest BCUT2D eigenvalue weighted by molar-refractivity contribution is 0.183. The van der Waals surface area contributed by atoms with E-state index in [2.05, 4.69) is 37.2 Å². The fourth-order valence-electron chi connectivity index (χ4n) is 6.06. The summed E-state index contributed by atoms with van der Waals surface area (Å²) in [6, 6.07) is 4.36. The van der Waals surface area contributed by atoms with Crippen molar-refractivity contribution in [3.05, 3.63) is 65.3 Å². The molecule has 4 atom stereocenters. The largest absolute Gasteiger partial charge is 0.485 e. The fourth-order valence-corrected chi connectivity index (χ4v) is 7.67. The molecule has 3 aromatic heterocycles. The van der Waals surface area contributed by atoms with Gasteiger partial charge in [0.2, 0.25) is 0 Å². The van der Waals surface area contributed by atoms with Gasteiger partial charge in [0.1, 0.15) is 35.7 Å². The zero-order valence-corrected chi connectivity index (χ0v) is 24.0. The van der Waals surface area contributed by atoms with Gasteiger partial charge in [-0.15, -0.1) is 0 Å². The third-order valence-corrected chi connectivity index (χ3v) is 9.39. The Hall–Kier alpha value is -3.84. The van der Waals surface area contributed by atoms with Crippen molar-refractivity contribution in [2.75, 3.05) is 19.0 Å². The Kier molecular flexibility index (Phi) is 6.61. The normalized spacial score (nSPS) is 25.1. The molecule has 1 aromatic carbocycles. The molecule has 1 aliphatic heterocycles. The lowest BCUT2D eigenvalue weighted by Crippen LogP contribution is -2.37. The van der Waals surface area contributed by atoms with Crippen LogP contribution in [0.1, 0.15) is 36.8 Å². The Morgan fingerprint density at radius 2 is 1.98 bits per heavy atom. The Morgan fingerprint density at radius 1 is 1.17 bits per heavy atom. The van der Waals surface area contributed by atoms with Crippen LogP contribution in [0.3, 0.4) is 0 Å². The molecule has 0 unspecified atom stereocenters. The first-order chi connectivity index (χ1) is 19.6. The topological polar surface area (TPSA) is 134 Å². The number of thioether (sulfide) groups is 1. The zero-order chi connectivity index (χ0) is 29.1. The quantitative estimate of drug-likeness (QED) is 0.287. The molecule has 4 aromatic rings. The number of aryl methyl sites for hydroxylation is 2. The van der Waals surface area contributed by atoms with Gasteiger partial charge in [0, 0.05) is 43.3 Å². The van der Waals surface area contributed by atoms with Crippen molar-refractivity contribution in [3.8, 4) is 5.75 Å². The summed E-state index contributed by atoms with van der Waals surface area (Å²) in [7, 11) is 1.62. The highest BCUT2D eigenvalue weighted by atomic mass is 32.2. The van der Waals surface area contributed by atoms with Gasteiger partial charge >= 0.3 is 0 Å². The van der Waals surface area contributed by atoms with E-state index < -0.39 is 17.2 Å². The van der Waals surface area contributed by atoms with E-state index in [-0.39, 0.29) is 34.4 Å². The summed E-state index contributed by atoms with van der Waals surface area (Å²) in [5.74, 6) is 0.115. The van der Waals surface area contributed by atoms with Gasteiger partial charge in [-0.25, -0.2) is 28.7 Å². The van der Waals surface area contributed by atoms with Crippen molar-refractivity contribution >= 4 is 39.5 Å². The molecule has 0 amide bonds. The van der Waals surface area contributed by atoms with Crippen LogP contribution in [0.15, 0.2) is 40.1 Å². The van der Waals surface area contributed by atoms with Crippen molar-refractivity contribution in [1.82, 2.24) is 19.9 Å². The number of hydrogen-bond donors (Lipinski definition) is 2. The van der Waals surface area contributed by atoms with E-state index in [1.165, 1.54) is 24.3 Å². The molecule has 1 fully saturated rings. The van der Waals surface area contributed by atoms with E-state index in [9.17, 15) is 0 Å². The molecule has 6 rings (SSSR count). The summed E-state index contributed by atoms with van der Waals surface area (Å²) in [5, 5.41) is 3.41. The number of nitrogens with two attached hydrogens (primary N) is 1. The SMILES string of the molecule is COC[C@@]12SC(N)=N[C@](C)(c3cc(Nc4ncnc5cc(OCc6nc(C)oc6C)cnc45)cc(F)c3F)[C@@H]1[C@@H]2C. The molecule has 2 aliphatic rings. The van der Waals surface area contributed by atoms with Gasteiger partial charge in [0.15, 0.2) is 28.5 Å². The average molecular weight is 582 g/mol. The smallest absolute Gasteiger partial charge is 0.191 e. The fraction of sp³-hybridized carbons (Fsp3) is 0.393. The molecule has 0 bridgehead atoms. The highest BCUT2D eigenvalue weighted by molar-refractivity contribution is 8.15. The van der Waals surface area contributed by atoms with Gasteiger partial charge in [-0.05, 0) is 25.8 Å². The summed E-state index contributed by atoms with van der Waals surface area (Å²) in [6.45, 7) is 8.09. The van der Waals surface area contributed by atoms with Gasteiger partial charge in [0.05, 0.1) is 28.6 Å². The summed E-state index contributed by atoms with van der Waals surface area (Å²) < 4.78 is 46.9. The third kappa shape index (κ3) is 4.56. The molecule has 0 spiro atoms. The van der Waals surface area contributed by atoms with E-state index in [1.807, 2.05) is 6.92 Å². The number of methoxy groups -OCH3 is 1. The first kappa shape index (κ1) is 27.3. The first-order valence-corrected chi connectivity index (χ1v) is 13.8. The number of benzene rings is 1. The predicted molar refractivity (Wildman–Crippen MR) is 151 cm³/mol. The number of fused-ring (bicyclic) bond motifs is 2. The second-order valence-corrected chi connectivity index (χ2v) is 12.0. The molecule has 4 heterocycles. The molecule has 1 aliphatic carbocycles. The number of aromatic nitrogens is 4. The minimum atomic E-state index is -1.09. The standard InChI is InChI=1S/C28H29F2N7O3S/c1-13-24-27(4,37-26(31)41-28(13,24)11-38-5)18-6-16(7-19(29)22(18)30)36-25-23-20(33-12-34-25)8-17(9-32-23)39-10-21-14(2)40-15(3)35-21/h6-9,12-13,24H,10-11H2,1-5H3,(H2,31,37)(H,33,34,36)/t13-,24-,27+,28-/m0/s1. The van der Waals surface area contributed by atoms with Crippen LogP contribution in [0, 0.1) is 37.3 Å². The maximum absolute atomic E-state index is 15.4. The van der Waals surface area contributed by atoms with E-state index in [1.54, 1.807) is 33.1 Å². The van der Waals surface area contributed by atoms with Crippen molar-refractivity contribution in [3.63, 3.8) is 0 Å². The minimum Gasteiger partial charge on any atom is -0.485 e. The van der Waals surface area contributed by atoms with Crippen molar-refractivity contribution in [2.24, 2.45) is 22.6 Å². The molecule has 13 heteroatoms. The maximum atomic E-state index is 15.4. The van der Waals surface area contributed by atoms with E-state index in [0.29, 0.717) is 51.7 Å². The number of halogens is 2. The van der Waals surface area contributed by atoms with Gasteiger partial charge in [-0.2, -0.15) is 0 Å². The Bertz CT molecular complexity index is 1700. The Balaban J connectivity index is 1.30. The van der Waals surface area contributed by atoms with Crippen LogP contribution >= 0.6 is 11.8 Å². The van der Waals surface area contributed by atoms with Crippen LogP contribution in [0.25, 0.3) is 11.0 Å². The molecule has 0 radical (unpaired) electrons. The number of amidine groups is 1. The average Bonchev–Trinajstić information content (AvgIpc) is 3.36. The molecule has 1 saturated carbocycles. The number of oxazole rings is 1. The van der Waals surface area contributed by atoms with E-state index in [0.717, 1.165) is 6.07 Å². The van der Waals surface area contributed by atoms with Crippen LogP contribution in [-0.2, 0) is 16.9 Å². The van der Waals surface area contributed by atoms with Gasteiger partial charge in [-0.1, -0.05) is 18.7 Å². The first-order valence-electron chi connectivity index (χ1n) is 13.0. The number of anilines is 2. The van der Waals surface area contributed by atoms with Gasteiger partial charge < -0.3 is 24.9 Å². The van der Waals surface area contributed by atoms with Crippen molar-refractivity contribution in [1.29, 1.82) is 0 Å². The highest BCUT2D eigenvalue weighted by Crippen LogP contribution is 2.69. The number of nitrogens with one attached hydrogen (secondary N) is 1. The summed E-state index contributed by atoms with van der Waals surface area (Å²) in [6.07, 6.45) is 2.90. The second kappa shape index (κ2) is 9.91. The van der Waals surface area contributed by atoms with Gasteiger partial charge in [-0.3, -0.25) is 4.99 Å². The minimum absolute atomic E-state index is 0.0960. The monoisotopic (exact) mass is 581 g/mol. The maximum Gasteiger partial charge on any atom is 0.191 e. The highest BCUT2D eigenvalue weighted by Gasteiger charge is 2.72. The molecule has 41 heavy (non-hydrogen) atoms. The lowest BCUT2D eigenvalue weighted by Gasteiger charge is -2.34. The van der Waals surface area contributed by atoms with Crippen LogP contribution in [0.5, 0.6) is 5.75 Å². The lowest BCUT2D eigenvalue weighted by atomic mass is 9.84. The molecular formula is C28H29F2N7O3S. The van der Waals surface area contributed by atoms with Crippen LogP contribution in [0.2, 0.25) is 0 Å². The van der Waals surface area contributed by atoms with E-state index in [4.69, 9.17) is 19.6 Å². The zero-order valence-electron chi connectivity index (χ0n) is 23.2. The van der Waals surface area contributed by atoms with Gasteiger partial charge in [0.25, 0.3) is 0 Å². The number of rotatable bonds is 8. The van der Waals surface area contributed by atoms with Crippen LogP contribution in [-0.4, -0.2) is 43.6 Å². The number of ether oxygens (including phenoxy) is 2. The third-order valence-electron chi connectivity index (χ3n) is 7.96. The number of pyridine rings is 1. The predicted octanol–water partition coefficient (Wildman–Crippen LogP) is 5.16.